The normalized spacial score (nSPS) is 11.4. The smallest absolute Gasteiger partial charge is 0.340 e. The second-order valence-corrected chi connectivity index (χ2v) is 6.71. The fourth-order valence-electron chi connectivity index (χ4n) is 1.69. The molecule has 21 heavy (non-hydrogen) atoms. The van der Waals surface area contributed by atoms with Gasteiger partial charge >= 0.3 is 5.97 Å². The Morgan fingerprint density at radius 2 is 1.95 bits per heavy atom. The Balaban J connectivity index is 2.80. The summed E-state index contributed by atoms with van der Waals surface area (Å²) in [5, 5.41) is 9.86. The minimum absolute atomic E-state index is 0.170. The second kappa shape index (κ2) is 8.34. The Morgan fingerprint density at radius 3 is 2.48 bits per heavy atom. The van der Waals surface area contributed by atoms with E-state index in [0.717, 1.165) is 0 Å². The Labute approximate surface area is 130 Å². The number of carboxylic acid groups (broad SMARTS) is 1. The summed E-state index contributed by atoms with van der Waals surface area (Å²) in [5.41, 5.74) is 0.722. The summed E-state index contributed by atoms with van der Waals surface area (Å²) < 4.78 is 5.51. The van der Waals surface area contributed by atoms with E-state index < -0.39 is 5.97 Å². The van der Waals surface area contributed by atoms with Gasteiger partial charge in [0.1, 0.15) is 16.4 Å². The predicted molar refractivity (Wildman–Crippen MR) is 84.2 cm³/mol. The van der Waals surface area contributed by atoms with E-state index >= 15 is 0 Å². The van der Waals surface area contributed by atoms with E-state index in [1.54, 1.807) is 6.92 Å². The molecule has 5 nitrogen and oxygen atoms in total. The number of carbonyl (C=O) groups is 1. The second-order valence-electron chi connectivity index (χ2n) is 5.62. The van der Waals surface area contributed by atoms with Crippen molar-refractivity contribution in [2.24, 2.45) is 5.92 Å². The number of aromatic nitrogens is 2. The standard InChI is InChI=1S/C15H24N2O3S/c1-9(2)8-20-6-7-21-14-12(15(18)19)11(5)16-13(17-14)10(3)4/h9-10H,6-8H2,1-5H3,(H,18,19). The van der Waals surface area contributed by atoms with Crippen molar-refractivity contribution in [3.8, 4) is 0 Å². The number of rotatable bonds is 8. The van der Waals surface area contributed by atoms with Gasteiger partial charge in [-0.05, 0) is 12.8 Å². The van der Waals surface area contributed by atoms with Gasteiger partial charge in [-0.2, -0.15) is 0 Å². The molecule has 0 atom stereocenters. The van der Waals surface area contributed by atoms with E-state index in [1.165, 1.54) is 11.8 Å². The van der Waals surface area contributed by atoms with Crippen molar-refractivity contribution in [1.29, 1.82) is 0 Å². The zero-order valence-electron chi connectivity index (χ0n) is 13.3. The van der Waals surface area contributed by atoms with Gasteiger partial charge in [-0.25, -0.2) is 14.8 Å². The van der Waals surface area contributed by atoms with Gasteiger partial charge in [-0.1, -0.05) is 27.7 Å². The van der Waals surface area contributed by atoms with Crippen molar-refractivity contribution < 1.29 is 14.6 Å². The molecule has 0 saturated carbocycles. The topological polar surface area (TPSA) is 72.3 Å². The minimum Gasteiger partial charge on any atom is -0.478 e. The van der Waals surface area contributed by atoms with Crippen LogP contribution in [0.4, 0.5) is 0 Å². The lowest BCUT2D eigenvalue weighted by Gasteiger charge is -2.12. The number of nitrogens with zero attached hydrogens (tertiary/aromatic N) is 2. The van der Waals surface area contributed by atoms with Gasteiger partial charge in [0.15, 0.2) is 0 Å². The van der Waals surface area contributed by atoms with E-state index in [0.29, 0.717) is 41.4 Å². The Bertz CT molecular complexity index is 490. The highest BCUT2D eigenvalue weighted by Crippen LogP contribution is 2.24. The number of thioether (sulfide) groups is 1. The van der Waals surface area contributed by atoms with Crippen molar-refractivity contribution in [2.75, 3.05) is 19.0 Å². The summed E-state index contributed by atoms with van der Waals surface area (Å²) >= 11 is 1.42. The predicted octanol–water partition coefficient (Wildman–Crippen LogP) is 3.37. The zero-order chi connectivity index (χ0) is 16.0. The van der Waals surface area contributed by atoms with Crippen LogP contribution >= 0.6 is 11.8 Å². The third-order valence-corrected chi connectivity index (χ3v) is 3.66. The molecule has 0 aliphatic heterocycles. The summed E-state index contributed by atoms with van der Waals surface area (Å²) in [6, 6.07) is 0. The largest absolute Gasteiger partial charge is 0.478 e. The fraction of sp³-hybridized carbons (Fsp3) is 0.667. The molecular weight excluding hydrogens is 288 g/mol. The molecule has 0 spiro atoms. The summed E-state index contributed by atoms with van der Waals surface area (Å²) in [7, 11) is 0. The van der Waals surface area contributed by atoms with Gasteiger partial charge in [-0.15, -0.1) is 11.8 Å². The first-order valence-electron chi connectivity index (χ1n) is 7.15. The molecule has 1 rings (SSSR count). The fourth-order valence-corrected chi connectivity index (χ4v) is 2.62. The monoisotopic (exact) mass is 312 g/mol. The molecule has 0 bridgehead atoms. The van der Waals surface area contributed by atoms with Crippen LogP contribution in [0.5, 0.6) is 0 Å². The quantitative estimate of drug-likeness (QED) is 0.451. The van der Waals surface area contributed by atoms with Crippen molar-refractivity contribution in [1.82, 2.24) is 9.97 Å². The highest BCUT2D eigenvalue weighted by molar-refractivity contribution is 7.99. The molecule has 0 aliphatic rings. The van der Waals surface area contributed by atoms with E-state index in [-0.39, 0.29) is 11.5 Å². The van der Waals surface area contributed by atoms with Crippen LogP contribution in [0, 0.1) is 12.8 Å². The van der Waals surface area contributed by atoms with Gasteiger partial charge in [-0.3, -0.25) is 0 Å². The number of hydrogen-bond donors (Lipinski definition) is 1. The van der Waals surface area contributed by atoms with Crippen LogP contribution in [-0.2, 0) is 4.74 Å². The molecule has 1 aromatic heterocycles. The number of aromatic carboxylic acids is 1. The van der Waals surface area contributed by atoms with Crippen LogP contribution < -0.4 is 0 Å². The van der Waals surface area contributed by atoms with E-state index in [9.17, 15) is 9.90 Å². The van der Waals surface area contributed by atoms with Gasteiger partial charge < -0.3 is 9.84 Å². The van der Waals surface area contributed by atoms with Gasteiger partial charge in [0.2, 0.25) is 0 Å². The van der Waals surface area contributed by atoms with Crippen LogP contribution in [0.1, 0.15) is 55.5 Å². The first-order chi connectivity index (χ1) is 9.82. The molecule has 1 N–H and O–H groups in total. The Morgan fingerprint density at radius 1 is 1.29 bits per heavy atom. The molecule has 0 amide bonds. The van der Waals surface area contributed by atoms with Crippen LogP contribution in [-0.4, -0.2) is 40.0 Å². The number of aryl methyl sites for hydroxylation is 1. The molecule has 0 aromatic carbocycles. The third kappa shape index (κ3) is 5.63. The number of hydrogen-bond acceptors (Lipinski definition) is 5. The van der Waals surface area contributed by atoms with Crippen LogP contribution in [0.25, 0.3) is 0 Å². The van der Waals surface area contributed by atoms with Crippen molar-refractivity contribution in [2.45, 2.75) is 45.6 Å². The molecular formula is C15H24N2O3S. The average Bonchev–Trinajstić information content (AvgIpc) is 2.36. The Hall–Kier alpha value is -1.14. The van der Waals surface area contributed by atoms with E-state index in [4.69, 9.17) is 4.74 Å². The lowest BCUT2D eigenvalue weighted by molar-refractivity contribution is 0.0690. The van der Waals surface area contributed by atoms with Crippen molar-refractivity contribution in [3.05, 3.63) is 17.1 Å². The highest BCUT2D eigenvalue weighted by atomic mass is 32.2. The number of ether oxygens (including phenoxy) is 1. The summed E-state index contributed by atoms with van der Waals surface area (Å²) in [4.78, 5) is 20.1. The summed E-state index contributed by atoms with van der Waals surface area (Å²) in [6.07, 6.45) is 0. The van der Waals surface area contributed by atoms with Gasteiger partial charge in [0.05, 0.1) is 12.3 Å². The van der Waals surface area contributed by atoms with Crippen LogP contribution in [0.2, 0.25) is 0 Å². The van der Waals surface area contributed by atoms with Crippen LogP contribution in [0.3, 0.4) is 0 Å². The molecule has 1 aromatic rings. The first kappa shape index (κ1) is 17.9. The number of carboxylic acids is 1. The minimum atomic E-state index is -0.978. The van der Waals surface area contributed by atoms with Crippen LogP contribution in [0.15, 0.2) is 5.03 Å². The molecule has 0 unspecified atom stereocenters. The first-order valence-corrected chi connectivity index (χ1v) is 8.13. The molecule has 1 heterocycles. The van der Waals surface area contributed by atoms with E-state index in [2.05, 4.69) is 23.8 Å². The summed E-state index contributed by atoms with van der Waals surface area (Å²) in [5.74, 6) is 1.05. The molecule has 6 heteroatoms. The average molecular weight is 312 g/mol. The molecule has 118 valence electrons. The molecule has 0 radical (unpaired) electrons. The maximum absolute atomic E-state index is 11.4. The summed E-state index contributed by atoms with van der Waals surface area (Å²) in [6.45, 7) is 11.2. The SMILES string of the molecule is Cc1nc(C(C)C)nc(SCCOCC(C)C)c1C(=O)O. The maximum atomic E-state index is 11.4. The van der Waals surface area contributed by atoms with Gasteiger partial charge in [0.25, 0.3) is 0 Å². The maximum Gasteiger partial charge on any atom is 0.340 e. The van der Waals surface area contributed by atoms with E-state index in [1.807, 2.05) is 13.8 Å². The molecule has 0 saturated heterocycles. The lowest BCUT2D eigenvalue weighted by atomic mass is 10.2. The van der Waals surface area contributed by atoms with Gasteiger partial charge in [0, 0.05) is 18.3 Å². The molecule has 0 fully saturated rings. The van der Waals surface area contributed by atoms with Crippen molar-refractivity contribution in [3.63, 3.8) is 0 Å². The Kier molecular flexibility index (Phi) is 7.11. The third-order valence-electron chi connectivity index (χ3n) is 2.72. The highest BCUT2D eigenvalue weighted by Gasteiger charge is 2.19. The molecule has 0 aliphatic carbocycles. The zero-order valence-corrected chi connectivity index (χ0v) is 14.2. The van der Waals surface area contributed by atoms with Crippen molar-refractivity contribution >= 4 is 17.7 Å². The lowest BCUT2D eigenvalue weighted by Crippen LogP contribution is -2.11.